The molecule has 0 amide bonds. The number of anilines is 1. The zero-order valence-corrected chi connectivity index (χ0v) is 8.80. The summed E-state index contributed by atoms with van der Waals surface area (Å²) in [5.74, 6) is 3.35. The highest BCUT2D eigenvalue weighted by Gasteiger charge is 2.52. The monoisotopic (exact) mass is 205 g/mol. The van der Waals surface area contributed by atoms with Crippen LogP contribution in [0, 0.1) is 17.8 Å². The Morgan fingerprint density at radius 3 is 2.87 bits per heavy atom. The molecule has 5 nitrogen and oxygen atoms in total. The lowest BCUT2D eigenvalue weighted by Crippen LogP contribution is -2.26. The van der Waals surface area contributed by atoms with Gasteiger partial charge in [-0.15, -0.1) is 5.10 Å². The number of nitrogens with one attached hydrogen (secondary N) is 1. The average molecular weight is 205 g/mol. The average Bonchev–Trinajstić information content (AvgIpc) is 2.75. The topological polar surface area (TPSA) is 53.9 Å². The number of rotatable bonds is 3. The Kier molecular flexibility index (Phi) is 2.05. The van der Waals surface area contributed by atoms with Crippen molar-refractivity contribution >= 4 is 5.95 Å². The lowest BCUT2D eigenvalue weighted by molar-refractivity contribution is 0.586. The van der Waals surface area contributed by atoms with Gasteiger partial charge < -0.3 is 10.2 Å². The van der Waals surface area contributed by atoms with Crippen LogP contribution in [0.15, 0.2) is 12.4 Å². The molecule has 1 aliphatic heterocycles. The van der Waals surface area contributed by atoms with Crippen LogP contribution in [0.1, 0.15) is 0 Å². The van der Waals surface area contributed by atoms with Gasteiger partial charge in [-0.05, 0) is 30.8 Å². The van der Waals surface area contributed by atoms with Crippen molar-refractivity contribution in [3.63, 3.8) is 0 Å². The quantitative estimate of drug-likeness (QED) is 0.739. The van der Waals surface area contributed by atoms with Crippen LogP contribution in [0.5, 0.6) is 0 Å². The second kappa shape index (κ2) is 3.41. The predicted octanol–water partition coefficient (Wildman–Crippen LogP) is -0.227. The summed E-state index contributed by atoms with van der Waals surface area (Å²) in [6, 6.07) is 0. The molecular weight excluding hydrogens is 190 g/mol. The number of hydrogen-bond donors (Lipinski definition) is 1. The molecule has 1 N–H and O–H groups in total. The van der Waals surface area contributed by atoms with E-state index in [1.165, 1.54) is 13.1 Å². The molecule has 0 aromatic carbocycles. The molecule has 1 saturated heterocycles. The normalized spacial score (nSPS) is 32.5. The van der Waals surface area contributed by atoms with E-state index in [2.05, 4.69) is 25.4 Å². The van der Waals surface area contributed by atoms with E-state index in [1.54, 1.807) is 12.4 Å². The van der Waals surface area contributed by atoms with Gasteiger partial charge in [-0.1, -0.05) is 0 Å². The third-order valence-electron chi connectivity index (χ3n) is 3.57. The Balaban J connectivity index is 1.60. The second-order valence-corrected chi connectivity index (χ2v) is 4.47. The molecule has 3 rings (SSSR count). The molecule has 2 aliphatic rings. The first-order valence-corrected chi connectivity index (χ1v) is 5.42. The molecule has 2 heterocycles. The van der Waals surface area contributed by atoms with E-state index in [0.717, 1.165) is 30.2 Å². The molecule has 15 heavy (non-hydrogen) atoms. The van der Waals surface area contributed by atoms with Crippen LogP contribution in [-0.2, 0) is 0 Å². The molecule has 1 aliphatic carbocycles. The van der Waals surface area contributed by atoms with Crippen molar-refractivity contribution in [3.8, 4) is 0 Å². The standard InChI is InChI=1S/C10H15N5/c1-15(10-12-2-3-13-14-10)6-9-7-4-11-5-8(7)9/h2-3,7-9,11H,4-6H2,1H3. The fourth-order valence-corrected chi connectivity index (χ4v) is 2.63. The highest BCUT2D eigenvalue weighted by Crippen LogP contribution is 2.48. The number of aromatic nitrogens is 3. The third kappa shape index (κ3) is 1.56. The maximum atomic E-state index is 4.19. The Labute approximate surface area is 88.9 Å². The number of fused-ring (bicyclic) bond motifs is 1. The molecular formula is C10H15N5. The van der Waals surface area contributed by atoms with Crippen molar-refractivity contribution in [2.24, 2.45) is 17.8 Å². The third-order valence-corrected chi connectivity index (χ3v) is 3.57. The van der Waals surface area contributed by atoms with Crippen molar-refractivity contribution in [1.82, 2.24) is 20.5 Å². The summed E-state index contributed by atoms with van der Waals surface area (Å²) in [5, 5.41) is 11.2. The largest absolute Gasteiger partial charge is 0.342 e. The van der Waals surface area contributed by atoms with E-state index in [-0.39, 0.29) is 0 Å². The Bertz CT molecular complexity index is 331. The molecule has 2 fully saturated rings. The minimum absolute atomic E-state index is 0.732. The Morgan fingerprint density at radius 1 is 1.40 bits per heavy atom. The minimum atomic E-state index is 0.732. The van der Waals surface area contributed by atoms with Gasteiger partial charge in [0.15, 0.2) is 0 Å². The van der Waals surface area contributed by atoms with E-state index in [9.17, 15) is 0 Å². The molecule has 5 heteroatoms. The summed E-state index contributed by atoms with van der Waals surface area (Å²) in [5.41, 5.74) is 0. The van der Waals surface area contributed by atoms with Gasteiger partial charge >= 0.3 is 0 Å². The molecule has 0 radical (unpaired) electrons. The van der Waals surface area contributed by atoms with Crippen molar-refractivity contribution in [2.75, 3.05) is 31.6 Å². The fourth-order valence-electron chi connectivity index (χ4n) is 2.63. The van der Waals surface area contributed by atoms with E-state index in [0.29, 0.717) is 0 Å². The van der Waals surface area contributed by atoms with Crippen molar-refractivity contribution in [1.29, 1.82) is 0 Å². The molecule has 1 aromatic heterocycles. The van der Waals surface area contributed by atoms with Gasteiger partial charge in [-0.25, -0.2) is 4.98 Å². The highest BCUT2D eigenvalue weighted by molar-refractivity contribution is 5.26. The van der Waals surface area contributed by atoms with E-state index in [1.807, 2.05) is 7.05 Å². The van der Waals surface area contributed by atoms with Crippen LogP contribution >= 0.6 is 0 Å². The maximum Gasteiger partial charge on any atom is 0.245 e. The molecule has 1 saturated carbocycles. The Hall–Kier alpha value is -1.23. The first-order valence-electron chi connectivity index (χ1n) is 5.42. The zero-order chi connectivity index (χ0) is 10.3. The summed E-state index contributed by atoms with van der Waals surface area (Å²) in [6.45, 7) is 3.44. The first kappa shape index (κ1) is 9.03. The molecule has 2 unspecified atom stereocenters. The fraction of sp³-hybridized carbons (Fsp3) is 0.700. The summed E-state index contributed by atoms with van der Waals surface area (Å²) >= 11 is 0. The van der Waals surface area contributed by atoms with Gasteiger partial charge in [-0.2, -0.15) is 5.10 Å². The molecule has 2 atom stereocenters. The smallest absolute Gasteiger partial charge is 0.245 e. The van der Waals surface area contributed by atoms with Crippen LogP contribution in [0.2, 0.25) is 0 Å². The summed E-state index contributed by atoms with van der Waals surface area (Å²) in [6.07, 6.45) is 3.29. The molecule has 0 bridgehead atoms. The highest BCUT2D eigenvalue weighted by atomic mass is 15.3. The summed E-state index contributed by atoms with van der Waals surface area (Å²) in [4.78, 5) is 6.30. The van der Waals surface area contributed by atoms with E-state index in [4.69, 9.17) is 0 Å². The van der Waals surface area contributed by atoms with Gasteiger partial charge in [0.1, 0.15) is 0 Å². The van der Waals surface area contributed by atoms with Gasteiger partial charge in [-0.3, -0.25) is 0 Å². The van der Waals surface area contributed by atoms with E-state index < -0.39 is 0 Å². The van der Waals surface area contributed by atoms with Gasteiger partial charge in [0.2, 0.25) is 5.95 Å². The van der Waals surface area contributed by atoms with Gasteiger partial charge in [0.05, 0.1) is 12.4 Å². The van der Waals surface area contributed by atoms with Crippen LogP contribution in [0.25, 0.3) is 0 Å². The lowest BCUT2D eigenvalue weighted by atomic mass is 10.2. The van der Waals surface area contributed by atoms with Crippen LogP contribution < -0.4 is 10.2 Å². The van der Waals surface area contributed by atoms with Crippen molar-refractivity contribution < 1.29 is 0 Å². The van der Waals surface area contributed by atoms with E-state index >= 15 is 0 Å². The molecule has 1 aromatic rings. The first-order chi connectivity index (χ1) is 7.36. The number of hydrogen-bond acceptors (Lipinski definition) is 5. The van der Waals surface area contributed by atoms with Crippen molar-refractivity contribution in [2.45, 2.75) is 0 Å². The maximum absolute atomic E-state index is 4.19. The number of nitrogens with zero attached hydrogens (tertiary/aromatic N) is 4. The van der Waals surface area contributed by atoms with Crippen molar-refractivity contribution in [3.05, 3.63) is 12.4 Å². The van der Waals surface area contributed by atoms with Crippen LogP contribution in [0.3, 0.4) is 0 Å². The molecule has 0 spiro atoms. The number of piperidine rings is 1. The summed E-state index contributed by atoms with van der Waals surface area (Å²) in [7, 11) is 2.04. The minimum Gasteiger partial charge on any atom is -0.342 e. The van der Waals surface area contributed by atoms with Gasteiger partial charge in [0, 0.05) is 13.6 Å². The van der Waals surface area contributed by atoms with Crippen LogP contribution in [-0.4, -0.2) is 41.9 Å². The zero-order valence-electron chi connectivity index (χ0n) is 8.80. The Morgan fingerprint density at radius 2 is 2.20 bits per heavy atom. The van der Waals surface area contributed by atoms with Crippen LogP contribution in [0.4, 0.5) is 5.95 Å². The van der Waals surface area contributed by atoms with Gasteiger partial charge in [0.25, 0.3) is 0 Å². The SMILES string of the molecule is CN(CC1C2CNCC21)c1nccnn1. The second-order valence-electron chi connectivity index (χ2n) is 4.47. The molecule has 80 valence electrons. The predicted molar refractivity (Wildman–Crippen MR) is 56.4 cm³/mol. The summed E-state index contributed by atoms with van der Waals surface area (Å²) < 4.78 is 0. The lowest BCUT2D eigenvalue weighted by Gasteiger charge is -2.16.